The Labute approximate surface area is 207 Å². The van der Waals surface area contributed by atoms with E-state index >= 15 is 0 Å². The summed E-state index contributed by atoms with van der Waals surface area (Å²) in [6, 6.07) is 16.7. The van der Waals surface area contributed by atoms with Crippen LogP contribution in [0.1, 0.15) is 16.1 Å². The van der Waals surface area contributed by atoms with E-state index in [9.17, 15) is 18.0 Å². The molecule has 4 aromatic rings. The van der Waals surface area contributed by atoms with E-state index in [1.54, 1.807) is 53.1 Å². The number of alkyl halides is 3. The van der Waals surface area contributed by atoms with E-state index in [1.165, 1.54) is 6.20 Å². The number of hydrogen-bond donors (Lipinski definition) is 2. The maximum Gasteiger partial charge on any atom is 0.416 e. The second kappa shape index (κ2) is 9.58. The monoisotopic (exact) mass is 524 g/mol. The predicted molar refractivity (Wildman–Crippen MR) is 127 cm³/mol. The topological polar surface area (TPSA) is 59.0 Å². The van der Waals surface area contributed by atoms with Crippen LogP contribution in [0, 0.1) is 0 Å². The summed E-state index contributed by atoms with van der Waals surface area (Å²) in [4.78, 5) is 17.2. The van der Waals surface area contributed by atoms with Crippen molar-refractivity contribution in [1.29, 1.82) is 0 Å². The van der Waals surface area contributed by atoms with Gasteiger partial charge in [-0.05, 0) is 54.6 Å². The molecule has 0 bridgehead atoms. The number of imidazole rings is 1. The highest BCUT2D eigenvalue weighted by molar-refractivity contribution is 6.33. The van der Waals surface area contributed by atoms with Crippen LogP contribution < -0.4 is 10.9 Å². The molecule has 3 aromatic carbocycles. The maximum atomic E-state index is 12.8. The van der Waals surface area contributed by atoms with Crippen LogP contribution in [0.5, 0.6) is 0 Å². The van der Waals surface area contributed by atoms with Crippen molar-refractivity contribution in [2.45, 2.75) is 6.18 Å². The summed E-state index contributed by atoms with van der Waals surface area (Å²) in [5, 5.41) is 0.766. The number of amides is 1. The molecule has 0 saturated carbocycles. The zero-order valence-corrected chi connectivity index (χ0v) is 19.3. The van der Waals surface area contributed by atoms with Crippen LogP contribution in [0.15, 0.2) is 72.9 Å². The first-order valence-corrected chi connectivity index (χ1v) is 10.8. The number of anilines is 1. The lowest BCUT2D eigenvalue weighted by molar-refractivity contribution is -0.137. The van der Waals surface area contributed by atoms with E-state index in [0.29, 0.717) is 27.1 Å². The molecule has 5 nitrogen and oxygen atoms in total. The minimum absolute atomic E-state index is 0.0282. The van der Waals surface area contributed by atoms with E-state index in [2.05, 4.69) is 15.8 Å². The highest BCUT2D eigenvalue weighted by Crippen LogP contribution is 2.34. The highest BCUT2D eigenvalue weighted by atomic mass is 35.5. The zero-order valence-electron chi connectivity index (χ0n) is 17.0. The Hall–Kier alpha value is -3.20. The molecule has 1 aromatic heterocycles. The van der Waals surface area contributed by atoms with Crippen molar-refractivity contribution in [3.63, 3.8) is 0 Å². The highest BCUT2D eigenvalue weighted by Gasteiger charge is 2.31. The average molecular weight is 526 g/mol. The summed E-state index contributed by atoms with van der Waals surface area (Å²) >= 11 is 18.3. The normalized spacial score (nSPS) is 11.4. The third-order valence-electron chi connectivity index (χ3n) is 4.77. The van der Waals surface area contributed by atoms with Gasteiger partial charge in [0.1, 0.15) is 11.5 Å². The standard InChI is InChI=1S/C23H14Cl3F3N4O/c24-14-6-8-15(9-7-14)33-12-20(30-21(33)16-3-1-2-4-17(16)25)22(34)32-31-19-10-5-13(11-18(19)26)23(27,28)29/h1-12,31H,(H,32,34). The quantitative estimate of drug-likeness (QED) is 0.269. The van der Waals surface area contributed by atoms with E-state index in [4.69, 9.17) is 34.8 Å². The van der Waals surface area contributed by atoms with Crippen molar-refractivity contribution in [1.82, 2.24) is 15.0 Å². The SMILES string of the molecule is O=C(NNc1ccc(C(F)(F)F)cc1Cl)c1cn(-c2ccc(Cl)cc2)c(-c2ccccc2Cl)n1. The molecule has 11 heteroatoms. The molecule has 0 unspecified atom stereocenters. The first-order valence-electron chi connectivity index (χ1n) is 9.67. The number of hydrazine groups is 1. The Balaban J connectivity index is 1.63. The molecule has 0 saturated heterocycles. The van der Waals surface area contributed by atoms with Crippen LogP contribution >= 0.6 is 34.8 Å². The van der Waals surface area contributed by atoms with Crippen molar-refractivity contribution in [3.8, 4) is 17.1 Å². The van der Waals surface area contributed by atoms with Crippen LogP contribution in [0.3, 0.4) is 0 Å². The third kappa shape index (κ3) is 5.14. The number of carbonyl (C=O) groups excluding carboxylic acids is 1. The fraction of sp³-hybridized carbons (Fsp3) is 0.0435. The number of benzene rings is 3. The van der Waals surface area contributed by atoms with E-state index in [0.717, 1.165) is 18.2 Å². The third-order valence-corrected chi connectivity index (χ3v) is 5.66. The minimum atomic E-state index is -4.53. The molecule has 0 fully saturated rings. The average Bonchev–Trinajstić information content (AvgIpc) is 3.23. The smallest absolute Gasteiger partial charge is 0.299 e. The first kappa shape index (κ1) is 23.9. The van der Waals surface area contributed by atoms with Crippen molar-refractivity contribution >= 4 is 46.4 Å². The van der Waals surface area contributed by atoms with Crippen molar-refractivity contribution in [2.75, 3.05) is 5.43 Å². The van der Waals surface area contributed by atoms with Gasteiger partial charge in [0.05, 0.1) is 21.3 Å². The largest absolute Gasteiger partial charge is 0.416 e. The molecule has 34 heavy (non-hydrogen) atoms. The zero-order chi connectivity index (χ0) is 24.5. The molecule has 4 rings (SSSR count). The Kier molecular flexibility index (Phi) is 6.74. The van der Waals surface area contributed by atoms with Gasteiger partial charge in [0, 0.05) is 22.5 Å². The second-order valence-electron chi connectivity index (χ2n) is 7.05. The lowest BCUT2D eigenvalue weighted by Crippen LogP contribution is -2.29. The summed E-state index contributed by atoms with van der Waals surface area (Å²) in [7, 11) is 0. The molecular weight excluding hydrogens is 512 g/mol. The molecule has 174 valence electrons. The number of rotatable bonds is 5. The Morgan fingerprint density at radius 1 is 0.912 bits per heavy atom. The first-order chi connectivity index (χ1) is 16.1. The fourth-order valence-corrected chi connectivity index (χ4v) is 3.68. The predicted octanol–water partition coefficient (Wildman–Crippen LogP) is 7.28. The van der Waals surface area contributed by atoms with Gasteiger partial charge in [0.15, 0.2) is 0 Å². The summed E-state index contributed by atoms with van der Waals surface area (Å²) < 4.78 is 40.2. The summed E-state index contributed by atoms with van der Waals surface area (Å²) in [6.45, 7) is 0. The number of carbonyl (C=O) groups is 1. The molecule has 0 spiro atoms. The van der Waals surface area contributed by atoms with Crippen molar-refractivity contribution in [3.05, 3.63) is 99.3 Å². The Morgan fingerprint density at radius 2 is 1.62 bits per heavy atom. The van der Waals surface area contributed by atoms with Crippen molar-refractivity contribution in [2.24, 2.45) is 0 Å². The van der Waals surface area contributed by atoms with Gasteiger partial charge in [0.25, 0.3) is 5.91 Å². The Morgan fingerprint density at radius 3 is 2.26 bits per heavy atom. The summed E-state index contributed by atoms with van der Waals surface area (Å²) in [5.41, 5.74) is 5.42. The van der Waals surface area contributed by atoms with E-state index in [1.807, 2.05) is 0 Å². The number of aromatic nitrogens is 2. The van der Waals surface area contributed by atoms with Crippen molar-refractivity contribution < 1.29 is 18.0 Å². The minimum Gasteiger partial charge on any atom is -0.299 e. The van der Waals surface area contributed by atoms with E-state index < -0.39 is 17.6 Å². The molecular formula is C23H14Cl3F3N4O. The van der Waals surface area contributed by atoms with Gasteiger partial charge in [-0.3, -0.25) is 20.2 Å². The molecule has 1 amide bonds. The molecule has 0 atom stereocenters. The molecule has 0 radical (unpaired) electrons. The van der Waals surface area contributed by atoms with Gasteiger partial charge in [0.2, 0.25) is 0 Å². The van der Waals surface area contributed by atoms with E-state index in [-0.39, 0.29) is 16.4 Å². The van der Waals surface area contributed by atoms with Gasteiger partial charge in [-0.2, -0.15) is 13.2 Å². The molecule has 0 aliphatic rings. The van der Waals surface area contributed by atoms with Crippen LogP contribution in [0.4, 0.5) is 18.9 Å². The van der Waals surface area contributed by atoms with Gasteiger partial charge >= 0.3 is 6.18 Å². The van der Waals surface area contributed by atoms with Crippen LogP contribution in [0.25, 0.3) is 17.1 Å². The van der Waals surface area contributed by atoms with Gasteiger partial charge in [-0.1, -0.05) is 46.9 Å². The fourth-order valence-electron chi connectivity index (χ4n) is 3.10. The molecule has 1 heterocycles. The second-order valence-corrected chi connectivity index (χ2v) is 8.30. The van der Waals surface area contributed by atoms with Crippen LogP contribution in [-0.2, 0) is 6.18 Å². The number of nitrogens with one attached hydrogen (secondary N) is 2. The summed E-state index contributed by atoms with van der Waals surface area (Å²) in [6.07, 6.45) is -3.03. The lowest BCUT2D eigenvalue weighted by atomic mass is 10.2. The number of halogens is 6. The molecule has 0 aliphatic heterocycles. The molecule has 0 aliphatic carbocycles. The van der Waals surface area contributed by atoms with Gasteiger partial charge < -0.3 is 0 Å². The van der Waals surface area contributed by atoms with Gasteiger partial charge in [-0.15, -0.1) is 0 Å². The lowest BCUT2D eigenvalue weighted by Gasteiger charge is -2.12. The number of hydrogen-bond acceptors (Lipinski definition) is 3. The maximum absolute atomic E-state index is 12.8. The van der Waals surface area contributed by atoms with Gasteiger partial charge in [-0.25, -0.2) is 4.98 Å². The van der Waals surface area contributed by atoms with Crippen LogP contribution in [0.2, 0.25) is 15.1 Å². The molecule has 2 N–H and O–H groups in total. The van der Waals surface area contributed by atoms with Crippen LogP contribution in [-0.4, -0.2) is 15.5 Å². The Bertz CT molecular complexity index is 1350. The summed E-state index contributed by atoms with van der Waals surface area (Å²) in [5.74, 6) is -0.234. The number of nitrogens with zero attached hydrogens (tertiary/aromatic N) is 2.